The molecule has 1 aliphatic heterocycles. The van der Waals surface area contributed by atoms with Crippen molar-refractivity contribution >= 4 is 11.6 Å². The number of carbonyl (C=O) groups excluding carboxylic acids is 1. The van der Waals surface area contributed by atoms with Gasteiger partial charge in [-0.1, -0.05) is 24.3 Å². The van der Waals surface area contributed by atoms with Gasteiger partial charge >= 0.3 is 6.36 Å². The smallest absolute Gasteiger partial charge is 0.404 e. The van der Waals surface area contributed by atoms with Gasteiger partial charge in [-0.2, -0.15) is 0 Å². The zero-order valence-electron chi connectivity index (χ0n) is 16.2. The van der Waals surface area contributed by atoms with Crippen LogP contribution in [-0.2, 0) is 11.3 Å². The van der Waals surface area contributed by atoms with E-state index in [9.17, 15) is 18.0 Å². The topological polar surface area (TPSA) is 50.8 Å². The summed E-state index contributed by atoms with van der Waals surface area (Å²) in [5.41, 5.74) is 1.35. The van der Waals surface area contributed by atoms with Gasteiger partial charge in [-0.3, -0.25) is 9.69 Å². The molecule has 2 aromatic carbocycles. The van der Waals surface area contributed by atoms with Gasteiger partial charge in [0.25, 0.3) is 5.91 Å². The highest BCUT2D eigenvalue weighted by Gasteiger charge is 2.32. The molecular formula is C21H23F3N2O3. The van der Waals surface area contributed by atoms with Crippen LogP contribution in [0.3, 0.4) is 0 Å². The monoisotopic (exact) mass is 408 g/mol. The van der Waals surface area contributed by atoms with Crippen molar-refractivity contribution in [3.63, 3.8) is 0 Å². The minimum atomic E-state index is -4.84. The number of hydrogen-bond acceptors (Lipinski definition) is 4. The molecule has 0 bridgehead atoms. The number of rotatable bonds is 5. The largest absolute Gasteiger partial charge is 0.573 e. The van der Waals surface area contributed by atoms with Crippen LogP contribution in [-0.4, -0.2) is 42.5 Å². The van der Waals surface area contributed by atoms with Crippen molar-refractivity contribution < 1.29 is 27.4 Å². The zero-order chi connectivity index (χ0) is 21.0. The van der Waals surface area contributed by atoms with Gasteiger partial charge in [0.1, 0.15) is 0 Å². The number of halogens is 3. The number of nitrogens with one attached hydrogen (secondary N) is 1. The fourth-order valence-electron chi connectivity index (χ4n) is 3.41. The third-order valence-electron chi connectivity index (χ3n) is 4.48. The number of carbonyl (C=O) groups is 1. The molecule has 1 saturated heterocycles. The van der Waals surface area contributed by atoms with E-state index in [1.165, 1.54) is 18.2 Å². The average molecular weight is 408 g/mol. The summed E-state index contributed by atoms with van der Waals surface area (Å²) >= 11 is 0. The number of ether oxygens (including phenoxy) is 2. The normalized spacial score (nSPS) is 20.3. The Morgan fingerprint density at radius 1 is 1.10 bits per heavy atom. The fourth-order valence-corrected chi connectivity index (χ4v) is 3.41. The number of nitrogens with zero attached hydrogens (tertiary/aromatic N) is 1. The molecule has 0 saturated carbocycles. The predicted octanol–water partition coefficient (Wildman–Crippen LogP) is 4.45. The summed E-state index contributed by atoms with van der Waals surface area (Å²) in [5.74, 6) is -0.969. The Morgan fingerprint density at radius 3 is 2.34 bits per heavy atom. The molecule has 156 valence electrons. The van der Waals surface area contributed by atoms with Crippen LogP contribution in [0.15, 0.2) is 48.5 Å². The number of alkyl halides is 3. The lowest BCUT2D eigenvalue weighted by Gasteiger charge is -2.35. The zero-order valence-corrected chi connectivity index (χ0v) is 16.2. The molecule has 2 aromatic rings. The Morgan fingerprint density at radius 2 is 1.72 bits per heavy atom. The van der Waals surface area contributed by atoms with E-state index < -0.39 is 18.0 Å². The fraction of sp³-hybridized carbons (Fsp3) is 0.381. The number of para-hydroxylation sites is 2. The number of anilines is 1. The molecule has 0 aromatic heterocycles. The maximum Gasteiger partial charge on any atom is 0.573 e. The molecule has 1 N–H and O–H groups in total. The summed E-state index contributed by atoms with van der Waals surface area (Å²) in [5, 5.41) is 2.47. The van der Waals surface area contributed by atoms with Crippen LogP contribution >= 0.6 is 0 Å². The molecule has 0 aliphatic carbocycles. The first kappa shape index (κ1) is 21.1. The SMILES string of the molecule is CC1CN(Cc2ccc(C(=O)Nc3ccccc3OC(F)(F)F)cc2)CC(C)O1. The molecule has 0 radical (unpaired) electrons. The molecule has 1 heterocycles. The highest BCUT2D eigenvalue weighted by Crippen LogP contribution is 2.30. The van der Waals surface area contributed by atoms with Crippen LogP contribution in [0.2, 0.25) is 0 Å². The van der Waals surface area contributed by atoms with Gasteiger partial charge in [-0.25, -0.2) is 0 Å². The standard InChI is InChI=1S/C21H23F3N2O3/c1-14-11-26(12-15(2)28-14)13-16-7-9-17(10-8-16)20(27)25-18-5-3-4-6-19(18)29-21(22,23)24/h3-10,14-15H,11-13H2,1-2H3,(H,25,27). The van der Waals surface area contributed by atoms with Gasteiger partial charge in [0.05, 0.1) is 17.9 Å². The van der Waals surface area contributed by atoms with Crippen LogP contribution in [0.5, 0.6) is 5.75 Å². The van der Waals surface area contributed by atoms with Crippen molar-refractivity contribution in [2.45, 2.75) is 39.0 Å². The third kappa shape index (κ3) is 6.20. The van der Waals surface area contributed by atoms with Crippen LogP contribution in [0.1, 0.15) is 29.8 Å². The van der Waals surface area contributed by atoms with Crippen molar-refractivity contribution in [1.82, 2.24) is 4.90 Å². The molecule has 8 heteroatoms. The molecule has 1 amide bonds. The summed E-state index contributed by atoms with van der Waals surface area (Å²) < 4.78 is 47.2. The molecule has 3 rings (SSSR count). The first-order valence-corrected chi connectivity index (χ1v) is 9.32. The molecule has 1 aliphatic rings. The van der Waals surface area contributed by atoms with Gasteiger partial charge in [0.2, 0.25) is 0 Å². The molecule has 29 heavy (non-hydrogen) atoms. The molecule has 1 fully saturated rings. The number of amides is 1. The summed E-state index contributed by atoms with van der Waals surface area (Å²) in [6.07, 6.45) is -4.50. The lowest BCUT2D eigenvalue weighted by molar-refractivity contribution is -0.274. The Labute approximate surface area is 167 Å². The summed E-state index contributed by atoms with van der Waals surface area (Å²) in [7, 11) is 0. The Balaban J connectivity index is 1.64. The van der Waals surface area contributed by atoms with Crippen LogP contribution in [0.4, 0.5) is 18.9 Å². The number of hydrogen-bond donors (Lipinski definition) is 1. The van der Waals surface area contributed by atoms with E-state index in [0.29, 0.717) is 5.56 Å². The van der Waals surface area contributed by atoms with Crippen LogP contribution in [0.25, 0.3) is 0 Å². The van der Waals surface area contributed by atoms with E-state index in [2.05, 4.69) is 15.0 Å². The molecule has 2 unspecified atom stereocenters. The van der Waals surface area contributed by atoms with Gasteiger partial charge in [-0.05, 0) is 43.7 Å². The molecule has 5 nitrogen and oxygen atoms in total. The Kier molecular flexibility index (Phi) is 6.44. The van der Waals surface area contributed by atoms with Crippen LogP contribution < -0.4 is 10.1 Å². The second kappa shape index (κ2) is 8.84. The van der Waals surface area contributed by atoms with Crippen LogP contribution in [0, 0.1) is 0 Å². The highest BCUT2D eigenvalue weighted by atomic mass is 19.4. The quantitative estimate of drug-likeness (QED) is 0.795. The second-order valence-corrected chi connectivity index (χ2v) is 7.15. The number of benzene rings is 2. The first-order valence-electron chi connectivity index (χ1n) is 9.32. The summed E-state index contributed by atoms with van der Waals surface area (Å²) in [6, 6.07) is 12.4. The van der Waals surface area contributed by atoms with Gasteiger partial charge < -0.3 is 14.8 Å². The first-order chi connectivity index (χ1) is 13.7. The second-order valence-electron chi connectivity index (χ2n) is 7.15. The van der Waals surface area contributed by atoms with Gasteiger partial charge in [-0.15, -0.1) is 13.2 Å². The van der Waals surface area contributed by atoms with Crippen molar-refractivity contribution in [1.29, 1.82) is 0 Å². The van der Waals surface area contributed by atoms with E-state index in [4.69, 9.17) is 4.74 Å². The van der Waals surface area contributed by atoms with E-state index in [0.717, 1.165) is 31.3 Å². The molecule has 0 spiro atoms. The van der Waals surface area contributed by atoms with E-state index in [1.807, 2.05) is 26.0 Å². The van der Waals surface area contributed by atoms with Crippen molar-refractivity contribution in [2.24, 2.45) is 0 Å². The van der Waals surface area contributed by atoms with Crippen molar-refractivity contribution in [3.8, 4) is 5.75 Å². The molecule has 2 atom stereocenters. The van der Waals surface area contributed by atoms with Crippen molar-refractivity contribution in [3.05, 3.63) is 59.7 Å². The maximum absolute atomic E-state index is 12.5. The lowest BCUT2D eigenvalue weighted by atomic mass is 10.1. The van der Waals surface area contributed by atoms with E-state index in [-0.39, 0.29) is 17.9 Å². The van der Waals surface area contributed by atoms with E-state index >= 15 is 0 Å². The average Bonchev–Trinajstić information content (AvgIpc) is 2.62. The van der Waals surface area contributed by atoms with Gasteiger partial charge in [0, 0.05) is 25.2 Å². The van der Waals surface area contributed by atoms with E-state index in [1.54, 1.807) is 12.1 Å². The Bertz CT molecular complexity index is 830. The summed E-state index contributed by atoms with van der Waals surface area (Å²) in [6.45, 7) is 6.49. The Hall–Kier alpha value is -2.58. The predicted molar refractivity (Wildman–Crippen MR) is 103 cm³/mol. The molecular weight excluding hydrogens is 385 g/mol. The maximum atomic E-state index is 12.5. The third-order valence-corrected chi connectivity index (χ3v) is 4.48. The lowest BCUT2D eigenvalue weighted by Crippen LogP contribution is -2.44. The summed E-state index contributed by atoms with van der Waals surface area (Å²) in [4.78, 5) is 14.7. The number of morpholine rings is 1. The highest BCUT2D eigenvalue weighted by molar-refractivity contribution is 6.05. The van der Waals surface area contributed by atoms with Crippen molar-refractivity contribution in [2.75, 3.05) is 18.4 Å². The minimum Gasteiger partial charge on any atom is -0.404 e. The minimum absolute atomic E-state index is 0.0461. The van der Waals surface area contributed by atoms with Gasteiger partial charge in [0.15, 0.2) is 5.75 Å².